The molecule has 24 heavy (non-hydrogen) atoms. The van der Waals surface area contributed by atoms with Crippen molar-refractivity contribution in [2.24, 2.45) is 16.5 Å². The molecule has 2 N–H and O–H groups in total. The van der Waals surface area contributed by atoms with Crippen LogP contribution in [0.4, 0.5) is 4.79 Å². The van der Waals surface area contributed by atoms with Crippen LogP contribution in [0.25, 0.3) is 0 Å². The number of carboxylic acids is 1. The first kappa shape index (κ1) is 18.5. The Morgan fingerprint density at radius 1 is 1.46 bits per heavy atom. The second kappa shape index (κ2) is 6.61. The minimum absolute atomic E-state index is 0.306. The third kappa shape index (κ3) is 3.49. The third-order valence-electron chi connectivity index (χ3n) is 4.84. The van der Waals surface area contributed by atoms with E-state index in [-0.39, 0.29) is 6.04 Å². The lowest BCUT2D eigenvalue weighted by Crippen LogP contribution is -2.50. The number of hydrogen-bond acceptors (Lipinski definition) is 5. The number of hydrogen-bond donors (Lipinski definition) is 2. The van der Waals surface area contributed by atoms with E-state index in [9.17, 15) is 14.7 Å². The number of fused-ring (bicyclic) bond motifs is 1. The number of ether oxygens (including phenoxy) is 1. The van der Waals surface area contributed by atoms with E-state index in [1.54, 1.807) is 20.8 Å². The summed E-state index contributed by atoms with van der Waals surface area (Å²) in [4.78, 5) is 29.3. The predicted molar refractivity (Wildman–Crippen MR) is 88.8 cm³/mol. The van der Waals surface area contributed by atoms with Gasteiger partial charge in [-0.3, -0.25) is 4.79 Å². The summed E-state index contributed by atoms with van der Waals surface area (Å²) in [6, 6.07) is -0.378. The van der Waals surface area contributed by atoms with Crippen molar-refractivity contribution < 1.29 is 24.3 Å². The molecule has 2 aliphatic rings. The quantitative estimate of drug-likeness (QED) is 0.802. The van der Waals surface area contributed by atoms with Gasteiger partial charge in [-0.2, -0.15) is 0 Å². The molecule has 1 heterocycles. The van der Waals surface area contributed by atoms with Crippen molar-refractivity contribution in [3.05, 3.63) is 0 Å². The van der Waals surface area contributed by atoms with E-state index >= 15 is 0 Å². The van der Waals surface area contributed by atoms with Gasteiger partial charge in [0.15, 0.2) is 6.10 Å². The summed E-state index contributed by atoms with van der Waals surface area (Å²) in [5.41, 5.74) is -0.394. The van der Waals surface area contributed by atoms with Gasteiger partial charge in [-0.05, 0) is 47.0 Å². The molecule has 0 aromatic carbocycles. The minimum Gasteiger partial charge on any atom is -0.481 e. The summed E-state index contributed by atoms with van der Waals surface area (Å²) >= 11 is 0. The maximum Gasteiger partial charge on any atom is 0.407 e. The fourth-order valence-electron chi connectivity index (χ4n) is 3.55. The molecule has 136 valence electrons. The van der Waals surface area contributed by atoms with Crippen molar-refractivity contribution in [1.82, 2.24) is 5.32 Å². The Kier molecular flexibility index (Phi) is 5.11. The molecule has 1 aliphatic heterocycles. The van der Waals surface area contributed by atoms with E-state index in [4.69, 9.17) is 9.57 Å². The standard InChI is InChI=1S/C17H28N2O5/c1-6-7-8-11-17(5)12(18-15(22)23-16(2,3)4)9-10(14(20)21)13(17)24-19-11/h10,12-13H,6-9H2,1-5H3,(H,18,22)(H,20,21). The molecular weight excluding hydrogens is 312 g/mol. The summed E-state index contributed by atoms with van der Waals surface area (Å²) in [6.45, 7) is 9.39. The SMILES string of the molecule is CCCCC1=NOC2C(C(=O)O)CC(NC(=O)OC(C)(C)C)C12C. The van der Waals surface area contributed by atoms with Gasteiger partial charge in [0.25, 0.3) is 0 Å². The topological polar surface area (TPSA) is 97.2 Å². The zero-order chi connectivity index (χ0) is 18.1. The molecule has 0 bridgehead atoms. The number of amides is 1. The number of nitrogens with one attached hydrogen (secondary N) is 1. The van der Waals surface area contributed by atoms with Gasteiger partial charge in [0, 0.05) is 6.04 Å². The normalized spacial score (nSPS) is 31.9. The van der Waals surface area contributed by atoms with Gasteiger partial charge in [0.05, 0.1) is 17.0 Å². The fraction of sp³-hybridized carbons (Fsp3) is 0.824. The monoisotopic (exact) mass is 340 g/mol. The van der Waals surface area contributed by atoms with Crippen molar-refractivity contribution in [3.8, 4) is 0 Å². The summed E-state index contributed by atoms with van der Waals surface area (Å²) in [5.74, 6) is -1.62. The Hall–Kier alpha value is -1.79. The number of carboxylic acid groups (broad SMARTS) is 1. The van der Waals surface area contributed by atoms with Crippen molar-refractivity contribution in [1.29, 1.82) is 0 Å². The zero-order valence-electron chi connectivity index (χ0n) is 15.1. The fourth-order valence-corrected chi connectivity index (χ4v) is 3.55. The molecule has 7 heteroatoms. The Morgan fingerprint density at radius 2 is 2.12 bits per heavy atom. The number of alkyl carbamates (subject to hydrolysis) is 1. The molecule has 1 fully saturated rings. The molecule has 1 aliphatic carbocycles. The van der Waals surface area contributed by atoms with E-state index in [2.05, 4.69) is 17.4 Å². The first-order chi connectivity index (χ1) is 11.1. The van der Waals surface area contributed by atoms with Gasteiger partial charge >= 0.3 is 12.1 Å². The van der Waals surface area contributed by atoms with E-state index in [0.29, 0.717) is 6.42 Å². The van der Waals surface area contributed by atoms with Crippen LogP contribution in [0.15, 0.2) is 5.16 Å². The van der Waals surface area contributed by atoms with Crippen LogP contribution in [0.1, 0.15) is 60.3 Å². The largest absolute Gasteiger partial charge is 0.481 e. The number of unbranched alkanes of at least 4 members (excludes halogenated alkanes) is 1. The highest BCUT2D eigenvalue weighted by atomic mass is 16.6. The molecular formula is C17H28N2O5. The van der Waals surface area contributed by atoms with Gasteiger partial charge in [0.2, 0.25) is 0 Å². The molecule has 0 radical (unpaired) electrons. The molecule has 4 unspecified atom stereocenters. The summed E-state index contributed by atoms with van der Waals surface area (Å²) in [5, 5.41) is 16.5. The van der Waals surface area contributed by atoms with Gasteiger partial charge < -0.3 is 20.0 Å². The number of nitrogens with zero attached hydrogens (tertiary/aromatic N) is 1. The Balaban J connectivity index is 2.20. The number of carbonyl (C=O) groups is 2. The Labute approximate surface area is 142 Å². The van der Waals surface area contributed by atoms with Gasteiger partial charge in [-0.1, -0.05) is 18.5 Å². The summed E-state index contributed by atoms with van der Waals surface area (Å²) in [7, 11) is 0. The van der Waals surface area contributed by atoms with Gasteiger partial charge in [-0.25, -0.2) is 4.79 Å². The molecule has 1 amide bonds. The number of rotatable bonds is 5. The van der Waals surface area contributed by atoms with Gasteiger partial charge in [-0.15, -0.1) is 0 Å². The van der Waals surface area contributed by atoms with Crippen molar-refractivity contribution in [2.75, 3.05) is 0 Å². The number of carbonyl (C=O) groups excluding carboxylic acids is 1. The van der Waals surface area contributed by atoms with Crippen LogP contribution in [-0.4, -0.2) is 40.6 Å². The maximum atomic E-state index is 12.2. The van der Waals surface area contributed by atoms with Crippen LogP contribution in [0, 0.1) is 11.3 Å². The van der Waals surface area contributed by atoms with Crippen LogP contribution < -0.4 is 5.32 Å². The first-order valence-corrected chi connectivity index (χ1v) is 8.55. The Bertz CT molecular complexity index is 540. The lowest BCUT2D eigenvalue weighted by Gasteiger charge is -2.32. The smallest absolute Gasteiger partial charge is 0.407 e. The summed E-state index contributed by atoms with van der Waals surface area (Å²) < 4.78 is 5.33. The third-order valence-corrected chi connectivity index (χ3v) is 4.84. The van der Waals surface area contributed by atoms with Crippen molar-refractivity contribution >= 4 is 17.8 Å². The lowest BCUT2D eigenvalue weighted by molar-refractivity contribution is -0.146. The van der Waals surface area contributed by atoms with Crippen LogP contribution >= 0.6 is 0 Å². The second-order valence-corrected chi connectivity index (χ2v) is 7.83. The van der Waals surface area contributed by atoms with Crippen LogP contribution in [0.3, 0.4) is 0 Å². The molecule has 0 aromatic rings. The molecule has 0 aromatic heterocycles. The highest BCUT2D eigenvalue weighted by Crippen LogP contribution is 2.49. The average molecular weight is 340 g/mol. The highest BCUT2D eigenvalue weighted by Gasteiger charge is 2.62. The predicted octanol–water partition coefficient (Wildman–Crippen LogP) is 2.94. The highest BCUT2D eigenvalue weighted by molar-refractivity contribution is 5.94. The number of oxime groups is 1. The van der Waals surface area contributed by atoms with Crippen molar-refractivity contribution in [3.63, 3.8) is 0 Å². The first-order valence-electron chi connectivity index (χ1n) is 8.55. The zero-order valence-corrected chi connectivity index (χ0v) is 15.1. The van der Waals surface area contributed by atoms with E-state index < -0.39 is 35.1 Å². The minimum atomic E-state index is -0.924. The molecule has 4 atom stereocenters. The van der Waals surface area contributed by atoms with Crippen LogP contribution in [0.5, 0.6) is 0 Å². The average Bonchev–Trinajstić information content (AvgIpc) is 2.89. The maximum absolute atomic E-state index is 12.2. The molecule has 7 nitrogen and oxygen atoms in total. The molecule has 0 spiro atoms. The van der Waals surface area contributed by atoms with E-state index in [0.717, 1.165) is 25.0 Å². The molecule has 2 rings (SSSR count). The molecule has 0 saturated heterocycles. The second-order valence-electron chi connectivity index (χ2n) is 7.83. The van der Waals surface area contributed by atoms with Crippen molar-refractivity contribution in [2.45, 2.75) is 78.0 Å². The molecule has 1 saturated carbocycles. The van der Waals surface area contributed by atoms with Crippen LogP contribution in [0.2, 0.25) is 0 Å². The number of aliphatic carboxylic acids is 1. The summed E-state index contributed by atoms with van der Waals surface area (Å²) in [6.07, 6.45) is 1.90. The van der Waals surface area contributed by atoms with Gasteiger partial charge in [0.1, 0.15) is 5.60 Å². The van der Waals surface area contributed by atoms with E-state index in [1.165, 1.54) is 0 Å². The van der Waals surface area contributed by atoms with Crippen LogP contribution in [-0.2, 0) is 14.4 Å². The lowest BCUT2D eigenvalue weighted by atomic mass is 9.76. The van der Waals surface area contributed by atoms with E-state index in [1.807, 2.05) is 6.92 Å². The Morgan fingerprint density at radius 3 is 2.67 bits per heavy atom.